The third-order valence-corrected chi connectivity index (χ3v) is 8.86. The molecule has 0 saturated heterocycles. The minimum Gasteiger partial charge on any atom is -0.347 e. The van der Waals surface area contributed by atoms with Crippen LogP contribution in [0, 0.1) is 0 Å². The van der Waals surface area contributed by atoms with Gasteiger partial charge in [-0.25, -0.2) is 0 Å². The summed E-state index contributed by atoms with van der Waals surface area (Å²) in [6.07, 6.45) is 0. The quantitative estimate of drug-likeness (QED) is 0.0827. The van der Waals surface area contributed by atoms with E-state index >= 15 is 0 Å². The topological polar surface area (TPSA) is 182 Å². The lowest BCUT2D eigenvalue weighted by Gasteiger charge is -2.65. The molecule has 0 heterocycles. The first-order valence-corrected chi connectivity index (χ1v) is 11.6. The number of aliphatic hydroxyl groups is 9. The van der Waals surface area contributed by atoms with E-state index in [9.17, 15) is 46.0 Å². The fourth-order valence-electron chi connectivity index (χ4n) is 4.77. The van der Waals surface area contributed by atoms with Gasteiger partial charge in [0.15, 0.2) is 60.6 Å². The van der Waals surface area contributed by atoms with E-state index in [1.54, 1.807) is 19.6 Å². The molecule has 0 saturated carbocycles. The van der Waals surface area contributed by atoms with Crippen molar-refractivity contribution in [1.29, 1.82) is 0 Å². The van der Waals surface area contributed by atoms with Crippen LogP contribution >= 0.6 is 0 Å². The molecule has 0 aromatic heterocycles. The van der Waals surface area contributed by atoms with Crippen molar-refractivity contribution < 1.29 is 59.4 Å². The minimum absolute atomic E-state index is 0.919. The van der Waals surface area contributed by atoms with Gasteiger partial charge in [-0.15, -0.1) is 0 Å². The van der Waals surface area contributed by atoms with Crippen molar-refractivity contribution in [2.24, 2.45) is 0 Å². The molecule has 0 rings (SSSR count). The molecule has 0 radical (unpaired) electrons. The number of quaternary nitrogens is 3. The first-order valence-electron chi connectivity index (χ1n) is 8.11. The summed E-state index contributed by atoms with van der Waals surface area (Å²) in [5, 5.41) is 91.3. The van der Waals surface area contributed by atoms with Gasteiger partial charge in [-0.3, -0.25) is 0 Å². The summed E-state index contributed by atoms with van der Waals surface area (Å²) in [5.74, 6) is 0. The van der Waals surface area contributed by atoms with Crippen molar-refractivity contribution in [2.45, 2.75) is 25.1 Å². The Morgan fingerprint density at radius 3 is 0.692 bits per heavy atom. The zero-order valence-electron chi connectivity index (χ0n) is 15.7. The van der Waals surface area contributed by atoms with E-state index in [-0.39, 0.29) is 0 Å². The van der Waals surface area contributed by atoms with Crippen LogP contribution in [0.1, 0.15) is 0 Å². The van der Waals surface area contributed by atoms with Gasteiger partial charge in [0.1, 0.15) is 0 Å². The second-order valence-electron chi connectivity index (χ2n) is 7.59. The Kier molecular flexibility index (Phi) is 9.19. The lowest BCUT2D eigenvalue weighted by molar-refractivity contribution is -1.33. The van der Waals surface area contributed by atoms with Crippen molar-refractivity contribution in [1.82, 2.24) is 0 Å². The number of aliphatic hydroxyl groups excluding tert-OH is 9. The molecule has 0 aliphatic carbocycles. The average Bonchev–Trinajstić information content (AvgIpc) is 2.65. The molecule has 13 heteroatoms. The Labute approximate surface area is 154 Å². The maximum absolute atomic E-state index is 10.1. The van der Waals surface area contributed by atoms with Crippen molar-refractivity contribution in [3.8, 4) is 0 Å². The third-order valence-electron chi connectivity index (χ3n) is 5.43. The Morgan fingerprint density at radius 1 is 0.462 bits per heavy atom. The van der Waals surface area contributed by atoms with Gasteiger partial charge in [-0.2, -0.15) is 13.4 Å². The fraction of sp³-hybridized carbons (Fsp3) is 1.00. The maximum Gasteiger partial charge on any atom is 0.321 e. The van der Waals surface area contributed by atoms with Gasteiger partial charge in [0.25, 0.3) is 8.07 Å². The molecule has 26 heavy (non-hydrogen) atoms. The van der Waals surface area contributed by atoms with Gasteiger partial charge in [0.05, 0.1) is 0 Å². The second-order valence-corrected chi connectivity index (χ2v) is 12.8. The molecule has 0 unspecified atom stereocenters. The van der Waals surface area contributed by atoms with Crippen molar-refractivity contribution in [2.75, 3.05) is 60.6 Å². The van der Waals surface area contributed by atoms with E-state index < -0.39 is 87.5 Å². The number of hydrogen-bond donors (Lipinski definition) is 9. The van der Waals surface area contributed by atoms with Crippen molar-refractivity contribution in [3.63, 3.8) is 0 Å². The lowest BCUT2D eigenvalue weighted by atomic mass is 10.3. The number of nitrogens with zero attached hydrogens (tertiary/aromatic N) is 3. The van der Waals surface area contributed by atoms with Crippen LogP contribution in [0.2, 0.25) is 19.6 Å². The Balaban J connectivity index is 7.68. The summed E-state index contributed by atoms with van der Waals surface area (Å²) in [7, 11) is -3.06. The van der Waals surface area contributed by atoms with Crippen LogP contribution in [0.5, 0.6) is 0 Å². The Hall–Kier alpha value is -0.263. The third kappa shape index (κ3) is 3.12. The van der Waals surface area contributed by atoms with Crippen molar-refractivity contribution in [3.05, 3.63) is 0 Å². The minimum atomic E-state index is -3.06. The normalized spacial score (nSPS) is 14.8. The molecule has 158 valence electrons. The molecule has 9 N–H and O–H groups in total. The van der Waals surface area contributed by atoms with Gasteiger partial charge in [0.2, 0.25) is 0 Å². The zero-order valence-corrected chi connectivity index (χ0v) is 16.7. The highest BCUT2D eigenvalue weighted by molar-refractivity contribution is 6.77. The van der Waals surface area contributed by atoms with Crippen LogP contribution in [0.3, 0.4) is 0 Å². The molecular weight excluding hydrogens is 370 g/mol. The predicted molar refractivity (Wildman–Crippen MR) is 90.6 cm³/mol. The lowest BCUT2D eigenvalue weighted by Crippen LogP contribution is -2.97. The molecule has 0 aliphatic heterocycles. The molecule has 0 bridgehead atoms. The van der Waals surface area contributed by atoms with Gasteiger partial charge < -0.3 is 46.0 Å². The fourth-order valence-corrected chi connectivity index (χ4v) is 9.68. The molecule has 0 atom stereocenters. The van der Waals surface area contributed by atoms with E-state index in [2.05, 4.69) is 0 Å². The van der Waals surface area contributed by atoms with Crippen LogP contribution in [-0.2, 0) is 0 Å². The highest BCUT2D eigenvalue weighted by Gasteiger charge is 2.82. The standard InChI is InChI=1S/C13H36N3O9Si/c1-26(2,3)13(14(4-17,5-18)6-19,15(7-20,8-21)9-22)16(10-23,11-24)12-25/h17-25H,4-12H2,1-3H3/q+3. The Bertz CT molecular complexity index is 348. The molecule has 12 nitrogen and oxygen atoms in total. The molecule has 0 aromatic rings. The van der Waals surface area contributed by atoms with Gasteiger partial charge in [0, 0.05) is 0 Å². The monoisotopic (exact) mass is 406 g/mol. The van der Waals surface area contributed by atoms with E-state index in [1.165, 1.54) is 0 Å². The molecule has 0 amide bonds. The second kappa shape index (κ2) is 9.29. The van der Waals surface area contributed by atoms with Crippen LogP contribution in [0.25, 0.3) is 0 Å². The zero-order chi connectivity index (χ0) is 20.9. The molecule has 0 spiro atoms. The summed E-state index contributed by atoms with van der Waals surface area (Å²) in [5.41, 5.74) is -1.97. The number of hydrogen-bond acceptors (Lipinski definition) is 9. The summed E-state index contributed by atoms with van der Waals surface area (Å²) < 4.78 is -3.07. The van der Waals surface area contributed by atoms with Crippen LogP contribution < -0.4 is 0 Å². The number of rotatable bonds is 13. The van der Waals surface area contributed by atoms with E-state index in [1.807, 2.05) is 0 Å². The van der Waals surface area contributed by atoms with E-state index in [0.717, 1.165) is 0 Å². The van der Waals surface area contributed by atoms with E-state index in [0.29, 0.717) is 0 Å². The van der Waals surface area contributed by atoms with E-state index in [4.69, 9.17) is 0 Å². The molecule has 0 fully saturated rings. The van der Waals surface area contributed by atoms with Gasteiger partial charge >= 0.3 is 5.41 Å². The first kappa shape index (κ1) is 25.7. The predicted octanol–water partition coefficient (Wildman–Crippen LogP) is -4.48. The van der Waals surface area contributed by atoms with Gasteiger partial charge in [-0.1, -0.05) is 19.6 Å². The molecule has 0 aromatic carbocycles. The summed E-state index contributed by atoms with van der Waals surface area (Å²) >= 11 is 0. The van der Waals surface area contributed by atoms with Crippen LogP contribution in [-0.4, -0.2) is 133 Å². The highest BCUT2D eigenvalue weighted by Crippen LogP contribution is 2.47. The average molecular weight is 407 g/mol. The first-order chi connectivity index (χ1) is 12.0. The summed E-state index contributed by atoms with van der Waals surface area (Å²) in [6.45, 7) is -3.22. The molecular formula is C13H36N3O9Si+3. The summed E-state index contributed by atoms with van der Waals surface area (Å²) in [4.78, 5) is 0. The Morgan fingerprint density at radius 2 is 0.615 bits per heavy atom. The van der Waals surface area contributed by atoms with Crippen molar-refractivity contribution >= 4 is 8.07 Å². The highest BCUT2D eigenvalue weighted by atomic mass is 28.3. The van der Waals surface area contributed by atoms with Gasteiger partial charge in [-0.05, 0) is 0 Å². The van der Waals surface area contributed by atoms with Crippen LogP contribution in [0.15, 0.2) is 0 Å². The molecule has 0 aliphatic rings. The summed E-state index contributed by atoms with van der Waals surface area (Å²) in [6, 6.07) is 0. The largest absolute Gasteiger partial charge is 0.347 e. The SMILES string of the molecule is C[Si](C)(C)C([N+](CO)(CO)CO)([N+](CO)(CO)CO)[N+](CO)(CO)CO. The smallest absolute Gasteiger partial charge is 0.321 e. The maximum atomic E-state index is 10.1. The van der Waals surface area contributed by atoms with Crippen LogP contribution in [0.4, 0.5) is 0 Å².